The summed E-state index contributed by atoms with van der Waals surface area (Å²) >= 11 is 9.05. The van der Waals surface area contributed by atoms with Crippen molar-refractivity contribution in [3.63, 3.8) is 0 Å². The Labute approximate surface area is 105 Å². The van der Waals surface area contributed by atoms with Gasteiger partial charge in [0.05, 0.1) is 0 Å². The first-order valence-corrected chi connectivity index (χ1v) is 5.80. The average molecular weight is 311 g/mol. The van der Waals surface area contributed by atoms with Crippen LogP contribution in [0.2, 0.25) is 0 Å². The minimum absolute atomic E-state index is 0.201. The summed E-state index contributed by atoms with van der Waals surface area (Å²) in [5.74, 6) is -1.06. The van der Waals surface area contributed by atoms with Gasteiger partial charge in [-0.2, -0.15) is 0 Å². The van der Waals surface area contributed by atoms with E-state index in [1.807, 2.05) is 0 Å². The second-order valence-corrected chi connectivity index (χ2v) is 5.57. The maximum atomic E-state index is 11.7. The van der Waals surface area contributed by atoms with Gasteiger partial charge in [0.15, 0.2) is 11.7 Å². The van der Waals surface area contributed by atoms with Crippen LogP contribution in [0.3, 0.4) is 0 Å². The smallest absolute Gasteiger partial charge is 0.350 e. The summed E-state index contributed by atoms with van der Waals surface area (Å²) in [6.07, 6.45) is -0.398. The van der Waals surface area contributed by atoms with Crippen LogP contribution in [0.5, 0.6) is 0 Å². The molecule has 0 aromatic carbocycles. The number of fused-ring (bicyclic) bond motifs is 2. The van der Waals surface area contributed by atoms with Gasteiger partial charge in [-0.05, 0) is 22.9 Å². The first-order chi connectivity index (χ1) is 7.28. The third-order valence-corrected chi connectivity index (χ3v) is 4.11. The van der Waals surface area contributed by atoms with Gasteiger partial charge in [-0.15, -0.1) is 0 Å². The molecule has 16 heavy (non-hydrogen) atoms. The number of nitrogens with zero attached hydrogens (tertiary/aromatic N) is 1. The summed E-state index contributed by atoms with van der Waals surface area (Å²) in [7, 11) is 0. The SMILES string of the molecule is CC(=O)O[C@H]1C[C@]2(C)OC(=O)[C@@]1(Br)N=C2Cl. The number of aliphatic imine (C=N–C) groups is 1. The van der Waals surface area contributed by atoms with E-state index >= 15 is 0 Å². The van der Waals surface area contributed by atoms with Gasteiger partial charge in [0.1, 0.15) is 5.17 Å². The van der Waals surface area contributed by atoms with Crippen LogP contribution in [-0.4, -0.2) is 33.3 Å². The lowest BCUT2D eigenvalue weighted by molar-refractivity contribution is -0.180. The van der Waals surface area contributed by atoms with E-state index in [1.165, 1.54) is 6.92 Å². The summed E-state index contributed by atoms with van der Waals surface area (Å²) in [6.45, 7) is 2.91. The highest BCUT2D eigenvalue weighted by Gasteiger charge is 2.62. The largest absolute Gasteiger partial charge is 0.458 e. The molecule has 3 heterocycles. The second-order valence-electron chi connectivity index (χ2n) is 4.00. The lowest BCUT2D eigenvalue weighted by Crippen LogP contribution is -2.63. The molecule has 7 heteroatoms. The number of esters is 2. The molecule has 0 radical (unpaired) electrons. The molecular formula is C9H9BrClNO4. The third-order valence-electron chi connectivity index (χ3n) is 2.61. The third kappa shape index (κ3) is 1.55. The Morgan fingerprint density at radius 2 is 2.38 bits per heavy atom. The van der Waals surface area contributed by atoms with E-state index in [-0.39, 0.29) is 5.17 Å². The highest BCUT2D eigenvalue weighted by Crippen LogP contribution is 2.46. The average Bonchev–Trinajstić information content (AvgIpc) is 2.11. The van der Waals surface area contributed by atoms with E-state index in [9.17, 15) is 9.59 Å². The predicted molar refractivity (Wildman–Crippen MR) is 59.6 cm³/mol. The zero-order valence-corrected chi connectivity index (χ0v) is 11.0. The fourth-order valence-corrected chi connectivity index (χ4v) is 2.63. The Hall–Kier alpha value is -0.620. The number of carbonyl (C=O) groups excluding carboxylic acids is 2. The Kier molecular flexibility index (Phi) is 2.54. The van der Waals surface area contributed by atoms with Crippen LogP contribution in [0.15, 0.2) is 4.99 Å². The molecule has 88 valence electrons. The Morgan fingerprint density at radius 1 is 1.75 bits per heavy atom. The first-order valence-electron chi connectivity index (χ1n) is 4.63. The van der Waals surface area contributed by atoms with Crippen LogP contribution >= 0.6 is 27.5 Å². The van der Waals surface area contributed by atoms with E-state index in [1.54, 1.807) is 6.92 Å². The number of halogens is 2. The highest BCUT2D eigenvalue weighted by molar-refractivity contribution is 9.10. The predicted octanol–water partition coefficient (Wildman–Crippen LogP) is 1.37. The number of rotatable bonds is 1. The molecular weight excluding hydrogens is 301 g/mol. The number of alkyl halides is 1. The Morgan fingerprint density at radius 3 is 2.94 bits per heavy atom. The van der Waals surface area contributed by atoms with Crippen molar-refractivity contribution in [1.29, 1.82) is 0 Å². The lowest BCUT2D eigenvalue weighted by Gasteiger charge is -2.47. The van der Waals surface area contributed by atoms with Crippen molar-refractivity contribution in [1.82, 2.24) is 0 Å². The summed E-state index contributed by atoms with van der Waals surface area (Å²) in [5.41, 5.74) is -0.992. The number of carbonyl (C=O) groups is 2. The van der Waals surface area contributed by atoms with Gasteiger partial charge in [-0.1, -0.05) is 11.6 Å². The van der Waals surface area contributed by atoms with Crippen LogP contribution in [0.4, 0.5) is 0 Å². The number of ether oxygens (including phenoxy) is 2. The van der Waals surface area contributed by atoms with Gasteiger partial charge < -0.3 is 9.47 Å². The quantitative estimate of drug-likeness (QED) is 0.417. The Bertz CT molecular complexity index is 412. The maximum Gasteiger partial charge on any atom is 0.350 e. The van der Waals surface area contributed by atoms with Gasteiger partial charge >= 0.3 is 11.9 Å². The van der Waals surface area contributed by atoms with Crippen molar-refractivity contribution in [3.8, 4) is 0 Å². The van der Waals surface area contributed by atoms with E-state index in [0.717, 1.165) is 0 Å². The second kappa shape index (κ2) is 3.43. The maximum absolute atomic E-state index is 11.7. The van der Waals surface area contributed by atoms with Gasteiger partial charge in [0.2, 0.25) is 4.45 Å². The first kappa shape index (κ1) is 11.9. The number of hydrogen-bond acceptors (Lipinski definition) is 5. The summed E-state index contributed by atoms with van der Waals surface area (Å²) < 4.78 is 8.82. The van der Waals surface area contributed by atoms with Crippen LogP contribution in [0, 0.1) is 0 Å². The minimum Gasteiger partial charge on any atom is -0.458 e. The zero-order chi connectivity index (χ0) is 12.1. The summed E-state index contributed by atoms with van der Waals surface area (Å²) in [6, 6.07) is 0. The molecule has 0 aromatic rings. The summed E-state index contributed by atoms with van der Waals surface area (Å²) in [4.78, 5) is 26.7. The normalized spacial score (nSPS) is 41.4. The molecule has 3 aliphatic heterocycles. The van der Waals surface area contributed by atoms with E-state index < -0.39 is 28.1 Å². The molecule has 1 saturated heterocycles. The molecule has 0 aromatic heterocycles. The van der Waals surface area contributed by atoms with E-state index in [2.05, 4.69) is 20.9 Å². The fourth-order valence-electron chi connectivity index (χ4n) is 1.76. The van der Waals surface area contributed by atoms with Crippen LogP contribution in [0.25, 0.3) is 0 Å². The monoisotopic (exact) mass is 309 g/mol. The molecule has 0 spiro atoms. The topological polar surface area (TPSA) is 65.0 Å². The van der Waals surface area contributed by atoms with Crippen LogP contribution in [-0.2, 0) is 19.1 Å². The molecule has 0 N–H and O–H groups in total. The van der Waals surface area contributed by atoms with Crippen molar-refractivity contribution in [2.45, 2.75) is 36.4 Å². The fraction of sp³-hybridized carbons (Fsp3) is 0.667. The molecule has 0 aliphatic carbocycles. The van der Waals surface area contributed by atoms with Crippen molar-refractivity contribution in [2.75, 3.05) is 0 Å². The lowest BCUT2D eigenvalue weighted by atomic mass is 9.88. The highest BCUT2D eigenvalue weighted by atomic mass is 79.9. The molecule has 1 fully saturated rings. The van der Waals surface area contributed by atoms with Gasteiger partial charge in [-0.3, -0.25) is 4.79 Å². The van der Waals surface area contributed by atoms with Gasteiger partial charge in [0.25, 0.3) is 0 Å². The molecule has 5 nitrogen and oxygen atoms in total. The van der Waals surface area contributed by atoms with Crippen LogP contribution < -0.4 is 0 Å². The van der Waals surface area contributed by atoms with Crippen molar-refractivity contribution in [2.24, 2.45) is 4.99 Å². The van der Waals surface area contributed by atoms with Crippen LogP contribution in [0.1, 0.15) is 20.3 Å². The van der Waals surface area contributed by atoms with Crippen molar-refractivity contribution >= 4 is 44.6 Å². The van der Waals surface area contributed by atoms with Gasteiger partial charge in [-0.25, -0.2) is 9.79 Å². The minimum atomic E-state index is -1.40. The van der Waals surface area contributed by atoms with Crippen molar-refractivity contribution < 1.29 is 19.1 Å². The zero-order valence-electron chi connectivity index (χ0n) is 8.62. The summed E-state index contributed by atoms with van der Waals surface area (Å²) in [5, 5.41) is 0.201. The molecule has 3 atom stereocenters. The number of hydrogen-bond donors (Lipinski definition) is 0. The molecule has 0 amide bonds. The van der Waals surface area contributed by atoms with Gasteiger partial charge in [0, 0.05) is 13.3 Å². The van der Waals surface area contributed by atoms with E-state index in [0.29, 0.717) is 6.42 Å². The Balaban J connectivity index is 2.41. The molecule has 2 bridgehead atoms. The molecule has 3 rings (SSSR count). The molecule has 0 saturated carbocycles. The van der Waals surface area contributed by atoms with E-state index in [4.69, 9.17) is 21.1 Å². The molecule has 0 unspecified atom stereocenters. The standard InChI is InChI=1S/C9H9BrClNO4/c1-4(13)15-5-3-8(2)6(11)12-9(5,10)7(14)16-8/h5H,3H2,1-2H3/t5-,8-,9-/m0/s1. The van der Waals surface area contributed by atoms with Crippen molar-refractivity contribution in [3.05, 3.63) is 0 Å². The molecule has 3 aliphatic rings.